The van der Waals surface area contributed by atoms with Gasteiger partial charge in [-0.15, -0.1) is 11.3 Å². The van der Waals surface area contributed by atoms with Crippen molar-refractivity contribution in [1.29, 1.82) is 0 Å². The van der Waals surface area contributed by atoms with Crippen LogP contribution in [-0.2, 0) is 6.42 Å². The van der Waals surface area contributed by atoms with Crippen LogP contribution in [0.5, 0.6) is 5.75 Å². The summed E-state index contributed by atoms with van der Waals surface area (Å²) < 4.78 is 5.70. The van der Waals surface area contributed by atoms with Gasteiger partial charge in [-0.3, -0.25) is 4.99 Å². The Bertz CT molecular complexity index is 774. The van der Waals surface area contributed by atoms with E-state index < -0.39 is 6.10 Å². The lowest BCUT2D eigenvalue weighted by Gasteiger charge is -2.15. The molecule has 2 aromatic rings. The molecule has 0 fully saturated rings. The van der Waals surface area contributed by atoms with Crippen LogP contribution in [0.1, 0.15) is 62.9 Å². The first kappa shape index (κ1) is 23.2. The van der Waals surface area contributed by atoms with E-state index in [-0.39, 0.29) is 12.6 Å². The van der Waals surface area contributed by atoms with Gasteiger partial charge in [0.05, 0.1) is 29.5 Å². The van der Waals surface area contributed by atoms with E-state index in [0.29, 0.717) is 11.9 Å². The van der Waals surface area contributed by atoms with Crippen LogP contribution in [0.25, 0.3) is 0 Å². The van der Waals surface area contributed by atoms with Crippen LogP contribution in [0.3, 0.4) is 0 Å². The Kier molecular flexibility index (Phi) is 9.41. The molecule has 1 aromatic carbocycles. The maximum absolute atomic E-state index is 10.5. The normalized spacial score (nSPS) is 13.0. The molecule has 2 rings (SSSR count). The van der Waals surface area contributed by atoms with Crippen molar-refractivity contribution in [3.05, 3.63) is 45.9 Å². The molecule has 29 heavy (non-hydrogen) atoms. The third-order valence-corrected chi connectivity index (χ3v) is 5.31. The van der Waals surface area contributed by atoms with Crippen molar-refractivity contribution in [3.8, 4) is 5.75 Å². The van der Waals surface area contributed by atoms with Gasteiger partial charge in [-0.05, 0) is 38.5 Å². The number of hydrogen-bond donors (Lipinski definition) is 3. The highest BCUT2D eigenvalue weighted by molar-refractivity contribution is 7.09. The van der Waals surface area contributed by atoms with Crippen molar-refractivity contribution in [1.82, 2.24) is 15.6 Å². The highest BCUT2D eigenvalue weighted by Gasteiger charge is 2.10. The summed E-state index contributed by atoms with van der Waals surface area (Å²) in [4.78, 5) is 9.19. The van der Waals surface area contributed by atoms with E-state index in [9.17, 15) is 5.11 Å². The lowest BCUT2D eigenvalue weighted by Crippen LogP contribution is -2.38. The van der Waals surface area contributed by atoms with E-state index in [1.54, 1.807) is 11.3 Å². The monoisotopic (exact) mass is 418 g/mol. The van der Waals surface area contributed by atoms with Crippen molar-refractivity contribution >= 4 is 17.3 Å². The van der Waals surface area contributed by atoms with Crippen molar-refractivity contribution in [2.24, 2.45) is 4.99 Å². The summed E-state index contributed by atoms with van der Waals surface area (Å²) in [7, 11) is 0. The Hall–Kier alpha value is -2.12. The quantitative estimate of drug-likeness (QED) is 0.403. The third-order valence-electron chi connectivity index (χ3n) is 4.12. The third kappa shape index (κ3) is 8.03. The minimum Gasteiger partial charge on any atom is -0.491 e. The standard InChI is InChI=1S/C22H34N4O2S/c1-6-23-22(24-11-10-18-14-29-21(26-18)15(2)3)25-13-20(27)17-8-7-9-19(12-17)28-16(4)5/h7-9,12,14-16,20,27H,6,10-11,13H2,1-5H3,(H2,23,24,25). The van der Waals surface area contributed by atoms with Gasteiger partial charge in [0.2, 0.25) is 0 Å². The van der Waals surface area contributed by atoms with E-state index in [2.05, 4.69) is 39.8 Å². The van der Waals surface area contributed by atoms with Gasteiger partial charge >= 0.3 is 0 Å². The Morgan fingerprint density at radius 3 is 2.69 bits per heavy atom. The summed E-state index contributed by atoms with van der Waals surface area (Å²) in [5, 5.41) is 20.4. The van der Waals surface area contributed by atoms with Crippen molar-refractivity contribution < 1.29 is 9.84 Å². The largest absolute Gasteiger partial charge is 0.491 e. The Balaban J connectivity index is 1.90. The summed E-state index contributed by atoms with van der Waals surface area (Å²) in [5.41, 5.74) is 1.90. The smallest absolute Gasteiger partial charge is 0.191 e. The highest BCUT2D eigenvalue weighted by atomic mass is 32.1. The second-order valence-electron chi connectivity index (χ2n) is 7.48. The average molecular weight is 419 g/mol. The van der Waals surface area contributed by atoms with Gasteiger partial charge in [0, 0.05) is 30.8 Å². The number of hydrogen-bond acceptors (Lipinski definition) is 5. The minimum absolute atomic E-state index is 0.0966. The molecule has 0 aliphatic rings. The Morgan fingerprint density at radius 1 is 1.24 bits per heavy atom. The lowest BCUT2D eigenvalue weighted by molar-refractivity contribution is 0.185. The molecule has 6 nitrogen and oxygen atoms in total. The first-order valence-corrected chi connectivity index (χ1v) is 11.2. The number of nitrogens with one attached hydrogen (secondary N) is 2. The minimum atomic E-state index is -0.687. The highest BCUT2D eigenvalue weighted by Crippen LogP contribution is 2.21. The first-order valence-electron chi connectivity index (χ1n) is 10.3. The Morgan fingerprint density at radius 2 is 2.03 bits per heavy atom. The molecule has 160 valence electrons. The number of guanidine groups is 1. The molecular formula is C22H34N4O2S. The van der Waals surface area contributed by atoms with E-state index >= 15 is 0 Å². The Labute approximate surface area is 178 Å². The second-order valence-corrected chi connectivity index (χ2v) is 8.37. The van der Waals surface area contributed by atoms with E-state index in [0.717, 1.165) is 36.5 Å². The molecule has 0 saturated heterocycles. The second kappa shape index (κ2) is 11.8. The molecular weight excluding hydrogens is 384 g/mol. The zero-order chi connectivity index (χ0) is 21.2. The maximum atomic E-state index is 10.5. The van der Waals surface area contributed by atoms with Gasteiger partial charge in [-0.25, -0.2) is 4.98 Å². The van der Waals surface area contributed by atoms with Crippen LogP contribution >= 0.6 is 11.3 Å². The fourth-order valence-corrected chi connectivity index (χ4v) is 3.57. The van der Waals surface area contributed by atoms with Crippen molar-refractivity contribution in [2.45, 2.75) is 59.2 Å². The number of thiazole rings is 1. The lowest BCUT2D eigenvalue weighted by atomic mass is 10.1. The molecule has 1 unspecified atom stereocenters. The first-order chi connectivity index (χ1) is 13.9. The number of nitrogens with zero attached hydrogens (tertiary/aromatic N) is 2. The van der Waals surface area contributed by atoms with E-state index in [1.807, 2.05) is 45.0 Å². The van der Waals surface area contributed by atoms with Gasteiger partial charge in [0.1, 0.15) is 5.75 Å². The SMILES string of the molecule is CCNC(=NCC(O)c1cccc(OC(C)C)c1)NCCc1csc(C(C)C)n1. The maximum Gasteiger partial charge on any atom is 0.191 e. The van der Waals surface area contributed by atoms with Gasteiger partial charge in [-0.2, -0.15) is 0 Å². The topological polar surface area (TPSA) is 78.8 Å². The molecule has 0 aliphatic carbocycles. The average Bonchev–Trinajstić information content (AvgIpc) is 3.15. The number of benzene rings is 1. The fraction of sp³-hybridized carbons (Fsp3) is 0.545. The van der Waals surface area contributed by atoms with E-state index in [4.69, 9.17) is 4.74 Å². The molecule has 7 heteroatoms. The predicted octanol–water partition coefficient (Wildman–Crippen LogP) is 3.88. The number of aliphatic hydroxyl groups is 1. The van der Waals surface area contributed by atoms with Crippen molar-refractivity contribution in [3.63, 3.8) is 0 Å². The molecule has 1 atom stereocenters. The summed E-state index contributed by atoms with van der Waals surface area (Å²) in [6, 6.07) is 7.55. The zero-order valence-electron chi connectivity index (χ0n) is 18.1. The predicted molar refractivity (Wildman–Crippen MR) is 121 cm³/mol. The number of aliphatic hydroxyl groups excluding tert-OH is 1. The van der Waals surface area contributed by atoms with Crippen LogP contribution in [0.2, 0.25) is 0 Å². The van der Waals surface area contributed by atoms with Crippen LogP contribution in [-0.4, -0.2) is 41.8 Å². The molecule has 0 spiro atoms. The van der Waals surface area contributed by atoms with Gasteiger partial charge in [0.25, 0.3) is 0 Å². The molecule has 0 amide bonds. The molecule has 1 aromatic heterocycles. The number of rotatable bonds is 10. The molecule has 0 radical (unpaired) electrons. The van der Waals surface area contributed by atoms with E-state index in [1.165, 1.54) is 5.01 Å². The fourth-order valence-electron chi connectivity index (χ4n) is 2.70. The number of ether oxygens (including phenoxy) is 1. The van der Waals surface area contributed by atoms with Crippen molar-refractivity contribution in [2.75, 3.05) is 19.6 Å². The number of aliphatic imine (C=N–C) groups is 1. The summed E-state index contributed by atoms with van der Waals surface area (Å²) in [6.07, 6.45) is 0.248. The summed E-state index contributed by atoms with van der Waals surface area (Å²) >= 11 is 1.72. The van der Waals surface area contributed by atoms with Gasteiger partial charge < -0.3 is 20.5 Å². The summed E-state index contributed by atoms with van der Waals surface area (Å²) in [5.74, 6) is 1.92. The van der Waals surface area contributed by atoms with Gasteiger partial charge in [-0.1, -0.05) is 26.0 Å². The van der Waals surface area contributed by atoms with Gasteiger partial charge in [0.15, 0.2) is 5.96 Å². The molecule has 0 aliphatic heterocycles. The number of aromatic nitrogens is 1. The van der Waals surface area contributed by atoms with Crippen LogP contribution in [0.15, 0.2) is 34.6 Å². The molecule has 1 heterocycles. The van der Waals surface area contributed by atoms with Crippen LogP contribution < -0.4 is 15.4 Å². The molecule has 3 N–H and O–H groups in total. The van der Waals surface area contributed by atoms with Crippen LogP contribution in [0.4, 0.5) is 0 Å². The summed E-state index contributed by atoms with van der Waals surface area (Å²) in [6.45, 7) is 12.1. The molecule has 0 saturated carbocycles. The zero-order valence-corrected chi connectivity index (χ0v) is 18.9. The van der Waals surface area contributed by atoms with Crippen LogP contribution in [0, 0.1) is 0 Å². The molecule has 0 bridgehead atoms.